The molecule has 2 heterocycles. The molecule has 3 aromatic rings. The van der Waals surface area contributed by atoms with Gasteiger partial charge in [0.25, 0.3) is 5.91 Å². The van der Waals surface area contributed by atoms with Gasteiger partial charge in [-0.25, -0.2) is 4.39 Å². The number of hydrogen-bond acceptors (Lipinski definition) is 5. The van der Waals surface area contributed by atoms with E-state index >= 15 is 0 Å². The summed E-state index contributed by atoms with van der Waals surface area (Å²) in [5.41, 5.74) is 2.86. The summed E-state index contributed by atoms with van der Waals surface area (Å²) < 4.78 is 13.2. The third-order valence-electron chi connectivity index (χ3n) is 5.22. The van der Waals surface area contributed by atoms with E-state index in [9.17, 15) is 14.0 Å². The van der Waals surface area contributed by atoms with Gasteiger partial charge in [0.15, 0.2) is 0 Å². The Bertz CT molecular complexity index is 1120. The maximum absolute atomic E-state index is 13.2. The summed E-state index contributed by atoms with van der Waals surface area (Å²) in [7, 11) is 0. The molecule has 2 atom stereocenters. The first-order valence-electron chi connectivity index (χ1n) is 10.6. The molecular weight excluding hydrogens is 423 g/mol. The summed E-state index contributed by atoms with van der Waals surface area (Å²) in [6.07, 6.45) is 1.33. The summed E-state index contributed by atoms with van der Waals surface area (Å²) in [6, 6.07) is 19.9. The van der Waals surface area contributed by atoms with E-state index < -0.39 is 18.1 Å². The minimum atomic E-state index is -0.869. The lowest BCUT2D eigenvalue weighted by Crippen LogP contribution is -2.50. The SMILES string of the molecule is O=C(NCc1ccccn1)C(Cc1ccccc1)NC(=O)C1CC(c2ccc(F)cc2)=NO1. The van der Waals surface area contributed by atoms with E-state index in [-0.39, 0.29) is 24.7 Å². The van der Waals surface area contributed by atoms with Crippen LogP contribution in [0.5, 0.6) is 0 Å². The molecule has 1 aliphatic rings. The van der Waals surface area contributed by atoms with Crippen molar-refractivity contribution in [2.45, 2.75) is 31.5 Å². The smallest absolute Gasteiger partial charge is 0.265 e. The molecule has 1 aromatic heterocycles. The van der Waals surface area contributed by atoms with Crippen molar-refractivity contribution in [3.05, 3.63) is 102 Å². The maximum atomic E-state index is 13.2. The molecule has 1 aliphatic heterocycles. The van der Waals surface area contributed by atoms with Gasteiger partial charge in [-0.1, -0.05) is 53.7 Å². The number of rotatable bonds is 8. The van der Waals surface area contributed by atoms with Crippen molar-refractivity contribution in [1.29, 1.82) is 0 Å². The van der Waals surface area contributed by atoms with Crippen LogP contribution in [-0.2, 0) is 27.4 Å². The second-order valence-electron chi connectivity index (χ2n) is 7.63. The van der Waals surface area contributed by atoms with Crippen LogP contribution in [-0.4, -0.2) is 34.7 Å². The molecule has 33 heavy (non-hydrogen) atoms. The summed E-state index contributed by atoms with van der Waals surface area (Å²) in [5, 5.41) is 9.60. The first-order valence-corrected chi connectivity index (χ1v) is 10.6. The number of nitrogens with zero attached hydrogens (tertiary/aromatic N) is 2. The Labute approximate surface area is 190 Å². The van der Waals surface area contributed by atoms with Gasteiger partial charge in [0.2, 0.25) is 12.0 Å². The van der Waals surface area contributed by atoms with Gasteiger partial charge in [0, 0.05) is 19.0 Å². The van der Waals surface area contributed by atoms with Crippen LogP contribution in [0.3, 0.4) is 0 Å². The largest absolute Gasteiger partial charge is 0.382 e. The molecule has 4 rings (SSSR count). The minimum Gasteiger partial charge on any atom is -0.382 e. The highest BCUT2D eigenvalue weighted by molar-refractivity contribution is 6.04. The molecule has 2 unspecified atom stereocenters. The zero-order chi connectivity index (χ0) is 23.0. The average molecular weight is 446 g/mol. The van der Waals surface area contributed by atoms with Gasteiger partial charge >= 0.3 is 0 Å². The van der Waals surface area contributed by atoms with Crippen LogP contribution in [0.25, 0.3) is 0 Å². The van der Waals surface area contributed by atoms with Gasteiger partial charge in [-0.05, 0) is 35.4 Å². The summed E-state index contributed by atoms with van der Waals surface area (Å²) in [5.74, 6) is -1.12. The minimum absolute atomic E-state index is 0.227. The lowest BCUT2D eigenvalue weighted by molar-refractivity contribution is -0.135. The Balaban J connectivity index is 1.40. The Morgan fingerprint density at radius 2 is 1.79 bits per heavy atom. The highest BCUT2D eigenvalue weighted by Crippen LogP contribution is 2.18. The molecule has 2 amide bonds. The molecule has 8 heteroatoms. The van der Waals surface area contributed by atoms with Gasteiger partial charge in [-0.15, -0.1) is 0 Å². The van der Waals surface area contributed by atoms with Crippen LogP contribution >= 0.6 is 0 Å². The molecule has 0 aliphatic carbocycles. The number of nitrogens with one attached hydrogen (secondary N) is 2. The van der Waals surface area contributed by atoms with E-state index in [0.29, 0.717) is 23.4 Å². The Morgan fingerprint density at radius 3 is 2.52 bits per heavy atom. The first kappa shape index (κ1) is 22.1. The van der Waals surface area contributed by atoms with Crippen LogP contribution in [0.2, 0.25) is 0 Å². The Hall–Kier alpha value is -4.07. The molecule has 0 radical (unpaired) electrons. The summed E-state index contributed by atoms with van der Waals surface area (Å²) in [6.45, 7) is 0.249. The highest BCUT2D eigenvalue weighted by Gasteiger charge is 2.32. The van der Waals surface area contributed by atoms with E-state index in [1.807, 2.05) is 42.5 Å². The van der Waals surface area contributed by atoms with Crippen molar-refractivity contribution < 1.29 is 18.8 Å². The van der Waals surface area contributed by atoms with Gasteiger partial charge in [0.05, 0.1) is 18.0 Å². The number of carbonyl (C=O) groups is 2. The number of halogens is 1. The second kappa shape index (κ2) is 10.5. The van der Waals surface area contributed by atoms with Crippen molar-refractivity contribution in [2.24, 2.45) is 5.16 Å². The molecule has 0 spiro atoms. The zero-order valence-corrected chi connectivity index (χ0v) is 17.8. The van der Waals surface area contributed by atoms with Crippen LogP contribution in [0.1, 0.15) is 23.2 Å². The molecule has 2 aromatic carbocycles. The molecule has 7 nitrogen and oxygen atoms in total. The fraction of sp³-hybridized carbons (Fsp3) is 0.200. The van der Waals surface area contributed by atoms with Gasteiger partial charge < -0.3 is 15.5 Å². The van der Waals surface area contributed by atoms with E-state index in [4.69, 9.17) is 4.84 Å². The van der Waals surface area contributed by atoms with E-state index in [1.165, 1.54) is 12.1 Å². The quantitative estimate of drug-likeness (QED) is 0.557. The fourth-order valence-electron chi connectivity index (χ4n) is 3.46. The average Bonchev–Trinajstić information content (AvgIpc) is 3.34. The van der Waals surface area contributed by atoms with E-state index in [1.54, 1.807) is 24.4 Å². The van der Waals surface area contributed by atoms with Crippen molar-refractivity contribution >= 4 is 17.5 Å². The molecule has 2 N–H and O–H groups in total. The Morgan fingerprint density at radius 1 is 1.03 bits per heavy atom. The highest BCUT2D eigenvalue weighted by atomic mass is 19.1. The third kappa shape index (κ3) is 6.00. The summed E-state index contributed by atoms with van der Waals surface area (Å²) >= 11 is 0. The topological polar surface area (TPSA) is 92.7 Å². The van der Waals surface area contributed by atoms with Gasteiger partial charge in [-0.3, -0.25) is 14.6 Å². The van der Waals surface area contributed by atoms with Crippen LogP contribution in [0.4, 0.5) is 4.39 Å². The first-order chi connectivity index (χ1) is 16.1. The zero-order valence-electron chi connectivity index (χ0n) is 17.8. The number of aromatic nitrogens is 1. The second-order valence-corrected chi connectivity index (χ2v) is 7.63. The van der Waals surface area contributed by atoms with Crippen LogP contribution < -0.4 is 10.6 Å². The van der Waals surface area contributed by atoms with Crippen molar-refractivity contribution in [1.82, 2.24) is 15.6 Å². The lowest BCUT2D eigenvalue weighted by Gasteiger charge is -2.20. The molecular formula is C25H23FN4O3. The molecule has 0 saturated heterocycles. The monoisotopic (exact) mass is 446 g/mol. The van der Waals surface area contributed by atoms with Crippen LogP contribution in [0.15, 0.2) is 84.1 Å². The number of hydrogen-bond donors (Lipinski definition) is 2. The third-order valence-corrected chi connectivity index (χ3v) is 5.22. The number of amides is 2. The lowest BCUT2D eigenvalue weighted by atomic mass is 10.0. The normalized spacial score (nSPS) is 15.8. The molecule has 0 fully saturated rings. The molecule has 168 valence electrons. The van der Waals surface area contributed by atoms with Crippen molar-refractivity contribution in [3.8, 4) is 0 Å². The van der Waals surface area contributed by atoms with Crippen molar-refractivity contribution in [3.63, 3.8) is 0 Å². The predicted molar refractivity (Wildman–Crippen MR) is 121 cm³/mol. The van der Waals surface area contributed by atoms with Gasteiger partial charge in [0.1, 0.15) is 11.9 Å². The van der Waals surface area contributed by atoms with Crippen LogP contribution in [0, 0.1) is 5.82 Å². The number of oxime groups is 1. The van der Waals surface area contributed by atoms with Gasteiger partial charge in [-0.2, -0.15) is 0 Å². The maximum Gasteiger partial charge on any atom is 0.265 e. The van der Waals surface area contributed by atoms with E-state index in [2.05, 4.69) is 20.8 Å². The number of benzene rings is 2. The fourth-order valence-corrected chi connectivity index (χ4v) is 3.46. The molecule has 0 saturated carbocycles. The predicted octanol–water partition coefficient (Wildman–Crippen LogP) is 2.76. The molecule has 0 bridgehead atoms. The van der Waals surface area contributed by atoms with Crippen molar-refractivity contribution in [2.75, 3.05) is 0 Å². The number of pyridine rings is 1. The number of carbonyl (C=O) groups excluding carboxylic acids is 2. The van der Waals surface area contributed by atoms with E-state index in [0.717, 1.165) is 5.56 Å². The summed E-state index contributed by atoms with van der Waals surface area (Å²) in [4.78, 5) is 35.3. The Kier molecular flexibility index (Phi) is 7.04. The standard InChI is InChI=1S/C25H23FN4O3/c26-19-11-9-18(10-12-19)21-15-23(33-30-21)25(32)29-22(14-17-6-2-1-3-7-17)24(31)28-16-20-8-4-5-13-27-20/h1-13,22-23H,14-16H2,(H,28,31)(H,29,32).